The molecule has 3 aliphatic rings. The lowest BCUT2D eigenvalue weighted by Gasteiger charge is -2.47. The third-order valence-electron chi connectivity index (χ3n) is 6.19. The largest absolute Gasteiger partial charge is 0.329 e. The molecule has 0 spiro atoms. The molecule has 146 valence electrons. The summed E-state index contributed by atoms with van der Waals surface area (Å²) in [7, 11) is 0. The average Bonchev–Trinajstić information content (AvgIpc) is 3.37. The second-order valence-electron chi connectivity index (χ2n) is 8.10. The summed E-state index contributed by atoms with van der Waals surface area (Å²) in [6.45, 7) is 5.55. The quantitative estimate of drug-likeness (QED) is 0.804. The zero-order valence-electron chi connectivity index (χ0n) is 16.1. The fourth-order valence-corrected chi connectivity index (χ4v) is 4.67. The van der Waals surface area contributed by atoms with E-state index in [-0.39, 0.29) is 23.9 Å². The average molecular weight is 379 g/mol. The maximum Gasteiger partial charge on any atom is 0.247 e. The number of benzene rings is 1. The van der Waals surface area contributed by atoms with Crippen LogP contribution < -0.4 is 0 Å². The highest BCUT2D eigenvalue weighted by atomic mass is 16.2. The van der Waals surface area contributed by atoms with Crippen LogP contribution in [0, 0.1) is 6.92 Å². The highest BCUT2D eigenvalue weighted by Crippen LogP contribution is 2.29. The number of nitrogens with zero attached hydrogens (tertiary/aromatic N) is 5. The summed E-state index contributed by atoms with van der Waals surface area (Å²) in [5.74, 6) is 0.274. The van der Waals surface area contributed by atoms with E-state index in [0.717, 1.165) is 43.7 Å². The van der Waals surface area contributed by atoms with Gasteiger partial charge in [0, 0.05) is 44.5 Å². The second kappa shape index (κ2) is 6.74. The van der Waals surface area contributed by atoms with Crippen LogP contribution in [0.1, 0.15) is 24.0 Å². The van der Waals surface area contributed by atoms with Crippen LogP contribution in [0.4, 0.5) is 0 Å². The summed E-state index contributed by atoms with van der Waals surface area (Å²) in [5.41, 5.74) is 3.37. The lowest BCUT2D eigenvalue weighted by Crippen LogP contribution is -2.68. The number of aromatic nitrogens is 2. The van der Waals surface area contributed by atoms with Crippen LogP contribution in [0.15, 0.2) is 36.7 Å². The van der Waals surface area contributed by atoms with E-state index in [1.165, 1.54) is 5.56 Å². The molecule has 7 nitrogen and oxygen atoms in total. The Kier molecular flexibility index (Phi) is 4.19. The van der Waals surface area contributed by atoms with Gasteiger partial charge in [-0.2, -0.15) is 5.10 Å². The molecule has 5 rings (SSSR count). The zero-order valence-corrected chi connectivity index (χ0v) is 16.1. The van der Waals surface area contributed by atoms with E-state index in [2.05, 4.69) is 41.2 Å². The van der Waals surface area contributed by atoms with Crippen LogP contribution in [-0.2, 0) is 16.1 Å². The standard InChI is InChI=1S/C21H25N5O2/c1-15-4-6-17(7-5-15)26-13-16(11-22-26)12-23-9-10-25-19(14-23)21(28)24-8-2-3-18(24)20(25)27/h4-7,11,13,18-19H,2-3,8-10,12,14H2,1H3/t18-,19-/m1/s1. The minimum atomic E-state index is -0.331. The van der Waals surface area contributed by atoms with Gasteiger partial charge in [0.25, 0.3) is 0 Å². The summed E-state index contributed by atoms with van der Waals surface area (Å²) in [6.07, 6.45) is 5.68. The molecule has 0 bridgehead atoms. The first-order valence-electron chi connectivity index (χ1n) is 10.0. The van der Waals surface area contributed by atoms with E-state index in [4.69, 9.17) is 0 Å². The highest BCUT2D eigenvalue weighted by molar-refractivity contribution is 5.97. The maximum absolute atomic E-state index is 12.9. The van der Waals surface area contributed by atoms with Crippen molar-refractivity contribution in [2.24, 2.45) is 0 Å². The molecule has 0 saturated carbocycles. The van der Waals surface area contributed by atoms with Gasteiger partial charge in [0.2, 0.25) is 11.8 Å². The summed E-state index contributed by atoms with van der Waals surface area (Å²) in [4.78, 5) is 31.5. The first-order chi connectivity index (χ1) is 13.6. The van der Waals surface area contributed by atoms with Crippen molar-refractivity contribution in [1.29, 1.82) is 0 Å². The Hall–Kier alpha value is -2.67. The Labute approximate surface area is 164 Å². The predicted molar refractivity (Wildman–Crippen MR) is 104 cm³/mol. The van der Waals surface area contributed by atoms with Crippen LogP contribution in [0.3, 0.4) is 0 Å². The van der Waals surface area contributed by atoms with Gasteiger partial charge >= 0.3 is 0 Å². The Morgan fingerprint density at radius 1 is 1.00 bits per heavy atom. The van der Waals surface area contributed by atoms with Crippen LogP contribution in [0.2, 0.25) is 0 Å². The lowest BCUT2D eigenvalue weighted by molar-refractivity contribution is -0.163. The third kappa shape index (κ3) is 2.90. The third-order valence-corrected chi connectivity index (χ3v) is 6.19. The van der Waals surface area contributed by atoms with Crippen molar-refractivity contribution in [3.05, 3.63) is 47.8 Å². The SMILES string of the molecule is Cc1ccc(-n2cc(CN3CCN4C(=O)[C@H]5CCCN5C(=O)[C@H]4C3)cn2)cc1. The van der Waals surface area contributed by atoms with Gasteiger partial charge in [-0.15, -0.1) is 0 Å². The number of fused-ring (bicyclic) bond motifs is 2. The zero-order chi connectivity index (χ0) is 19.3. The Bertz CT molecular complexity index is 906. The number of aryl methyl sites for hydroxylation is 1. The Morgan fingerprint density at radius 3 is 2.57 bits per heavy atom. The molecule has 0 N–H and O–H groups in total. The van der Waals surface area contributed by atoms with Gasteiger partial charge in [0.15, 0.2) is 0 Å². The Morgan fingerprint density at radius 2 is 1.75 bits per heavy atom. The molecule has 1 aromatic carbocycles. The van der Waals surface area contributed by atoms with Crippen LogP contribution in [0.25, 0.3) is 5.69 Å². The molecular formula is C21H25N5O2. The molecule has 0 aliphatic carbocycles. The van der Waals surface area contributed by atoms with Crippen molar-refractivity contribution in [3.63, 3.8) is 0 Å². The molecule has 0 radical (unpaired) electrons. The normalized spacial score (nSPS) is 25.2. The van der Waals surface area contributed by atoms with Gasteiger partial charge < -0.3 is 9.80 Å². The number of carbonyl (C=O) groups excluding carboxylic acids is 2. The van der Waals surface area contributed by atoms with Crippen molar-refractivity contribution >= 4 is 11.8 Å². The van der Waals surface area contributed by atoms with E-state index in [1.807, 2.05) is 26.9 Å². The molecule has 3 fully saturated rings. The second-order valence-corrected chi connectivity index (χ2v) is 8.10. The molecule has 0 unspecified atom stereocenters. The first-order valence-corrected chi connectivity index (χ1v) is 10.0. The number of piperazine rings is 2. The number of rotatable bonds is 3. The number of hydrogen-bond donors (Lipinski definition) is 0. The molecular weight excluding hydrogens is 354 g/mol. The van der Waals surface area contributed by atoms with Crippen molar-refractivity contribution in [3.8, 4) is 5.69 Å². The molecule has 7 heteroatoms. The number of carbonyl (C=O) groups is 2. The molecule has 2 atom stereocenters. The van der Waals surface area contributed by atoms with Crippen molar-refractivity contribution in [1.82, 2.24) is 24.5 Å². The van der Waals surface area contributed by atoms with Crippen molar-refractivity contribution in [2.75, 3.05) is 26.2 Å². The predicted octanol–water partition coefficient (Wildman–Crippen LogP) is 1.20. The van der Waals surface area contributed by atoms with Gasteiger partial charge in [0.05, 0.1) is 11.9 Å². The van der Waals surface area contributed by atoms with Crippen molar-refractivity contribution < 1.29 is 9.59 Å². The topological polar surface area (TPSA) is 61.7 Å². The molecule has 3 aliphatic heterocycles. The van der Waals surface area contributed by atoms with Gasteiger partial charge in [-0.25, -0.2) is 4.68 Å². The minimum Gasteiger partial charge on any atom is -0.329 e. The molecule has 28 heavy (non-hydrogen) atoms. The summed E-state index contributed by atoms with van der Waals surface area (Å²) >= 11 is 0. The van der Waals surface area contributed by atoms with E-state index in [9.17, 15) is 9.59 Å². The summed E-state index contributed by atoms with van der Waals surface area (Å²) < 4.78 is 1.88. The Balaban J connectivity index is 1.28. The fraction of sp³-hybridized carbons (Fsp3) is 0.476. The smallest absolute Gasteiger partial charge is 0.247 e. The van der Waals surface area contributed by atoms with E-state index >= 15 is 0 Å². The van der Waals surface area contributed by atoms with Crippen LogP contribution in [0.5, 0.6) is 0 Å². The molecule has 2 amide bonds. The monoisotopic (exact) mass is 379 g/mol. The van der Waals surface area contributed by atoms with Gasteiger partial charge in [0.1, 0.15) is 12.1 Å². The number of amides is 2. The summed E-state index contributed by atoms with van der Waals surface area (Å²) in [6, 6.07) is 7.74. The molecule has 3 saturated heterocycles. The molecule has 1 aromatic heterocycles. The molecule has 2 aromatic rings. The summed E-state index contributed by atoms with van der Waals surface area (Å²) in [5, 5.41) is 4.48. The van der Waals surface area contributed by atoms with Gasteiger partial charge in [-0.05, 0) is 31.9 Å². The van der Waals surface area contributed by atoms with Gasteiger partial charge in [-0.3, -0.25) is 14.5 Å². The van der Waals surface area contributed by atoms with Gasteiger partial charge in [-0.1, -0.05) is 17.7 Å². The minimum absolute atomic E-state index is 0.127. The number of hydrogen-bond acceptors (Lipinski definition) is 4. The highest BCUT2D eigenvalue weighted by Gasteiger charge is 2.49. The van der Waals surface area contributed by atoms with Crippen molar-refractivity contribution in [2.45, 2.75) is 38.4 Å². The van der Waals surface area contributed by atoms with Crippen LogP contribution >= 0.6 is 0 Å². The molecule has 4 heterocycles. The fourth-order valence-electron chi connectivity index (χ4n) is 4.67. The first kappa shape index (κ1) is 17.4. The van der Waals surface area contributed by atoms with E-state index in [1.54, 1.807) is 0 Å². The maximum atomic E-state index is 12.9. The van der Waals surface area contributed by atoms with E-state index < -0.39 is 0 Å². The lowest BCUT2D eigenvalue weighted by atomic mass is 10.0. The van der Waals surface area contributed by atoms with E-state index in [0.29, 0.717) is 13.1 Å². The van der Waals surface area contributed by atoms with Crippen LogP contribution in [-0.4, -0.2) is 74.6 Å².